The molecule has 29 heavy (non-hydrogen) atoms. The van der Waals surface area contributed by atoms with Crippen molar-refractivity contribution >= 4 is 41.8 Å². The van der Waals surface area contributed by atoms with Crippen LogP contribution in [0.5, 0.6) is 0 Å². The van der Waals surface area contributed by atoms with Crippen molar-refractivity contribution in [1.82, 2.24) is 0 Å². The molecule has 0 unspecified atom stereocenters. The molecule has 0 aromatic heterocycles. The third-order valence-electron chi connectivity index (χ3n) is 4.56. The first-order chi connectivity index (χ1) is 13.6. The molecule has 2 aromatic rings. The van der Waals surface area contributed by atoms with E-state index in [9.17, 15) is 22.8 Å². The van der Waals surface area contributed by atoms with Crippen molar-refractivity contribution in [3.05, 3.63) is 53.6 Å². The largest absolute Gasteiger partial charge is 0.416 e. The van der Waals surface area contributed by atoms with Crippen LogP contribution in [0.3, 0.4) is 0 Å². The number of urea groups is 1. The van der Waals surface area contributed by atoms with Crippen molar-refractivity contribution in [2.45, 2.75) is 19.0 Å². The molecule has 0 aliphatic carbocycles. The van der Waals surface area contributed by atoms with Crippen LogP contribution in [0.2, 0.25) is 0 Å². The number of benzene rings is 2. The van der Waals surface area contributed by atoms with E-state index in [1.54, 1.807) is 0 Å². The van der Waals surface area contributed by atoms with Crippen LogP contribution < -0.4 is 20.3 Å². The Kier molecular flexibility index (Phi) is 5.92. The van der Waals surface area contributed by atoms with Crippen molar-refractivity contribution in [1.29, 1.82) is 0 Å². The van der Waals surface area contributed by atoms with Gasteiger partial charge >= 0.3 is 12.2 Å². The van der Waals surface area contributed by atoms with Crippen molar-refractivity contribution in [2.75, 3.05) is 27.6 Å². The molecule has 6 nitrogen and oxygen atoms in total. The Balaban J connectivity index is 1.82. The van der Waals surface area contributed by atoms with Gasteiger partial charge in [-0.25, -0.2) is 9.10 Å². The van der Waals surface area contributed by atoms with E-state index in [-0.39, 0.29) is 11.3 Å². The topological polar surface area (TPSA) is 78.7 Å². The van der Waals surface area contributed by atoms with Crippen LogP contribution in [0.25, 0.3) is 0 Å². The standard InChI is InChI=1S/C19H19F3N4O2S/c20-19(21,22)13-9-14(11-16(10-13)25-7-1-2-8-25)24-18(28)26(29)15-5-3-12(4-6-15)17(23)27/h3-6,9-11,29H,1-2,7-8H2,(H2,23,27)(H,24,28). The van der Waals surface area contributed by atoms with Crippen LogP contribution in [-0.4, -0.2) is 25.0 Å². The maximum atomic E-state index is 13.3. The Bertz CT molecular complexity index is 913. The summed E-state index contributed by atoms with van der Waals surface area (Å²) in [5.41, 5.74) is 5.33. The van der Waals surface area contributed by atoms with Crippen molar-refractivity contribution in [3.63, 3.8) is 0 Å². The van der Waals surface area contributed by atoms with Gasteiger partial charge in [-0.1, -0.05) is 12.8 Å². The summed E-state index contributed by atoms with van der Waals surface area (Å²) in [5, 5.41) is 2.45. The quantitative estimate of drug-likeness (QED) is 0.641. The number of carbonyl (C=O) groups is 2. The Labute approximate surface area is 171 Å². The van der Waals surface area contributed by atoms with Crippen LogP contribution >= 0.6 is 12.8 Å². The van der Waals surface area contributed by atoms with Crippen molar-refractivity contribution in [2.24, 2.45) is 5.73 Å². The Morgan fingerprint density at radius 2 is 1.69 bits per heavy atom. The molecule has 0 bridgehead atoms. The Hall–Kier alpha value is -2.88. The maximum Gasteiger partial charge on any atom is 0.416 e. The number of nitrogens with one attached hydrogen (secondary N) is 1. The lowest BCUT2D eigenvalue weighted by Crippen LogP contribution is -2.27. The molecule has 1 saturated heterocycles. The number of thiol groups is 1. The average molecular weight is 424 g/mol. The minimum absolute atomic E-state index is 0.0135. The summed E-state index contributed by atoms with van der Waals surface area (Å²) < 4.78 is 40.8. The molecular weight excluding hydrogens is 405 g/mol. The number of hydrogen-bond acceptors (Lipinski definition) is 4. The molecule has 0 atom stereocenters. The van der Waals surface area contributed by atoms with E-state index in [1.165, 1.54) is 30.3 Å². The molecule has 1 aliphatic heterocycles. The van der Waals surface area contributed by atoms with Crippen molar-refractivity contribution in [3.8, 4) is 0 Å². The number of nitrogens with zero attached hydrogens (tertiary/aromatic N) is 2. The minimum Gasteiger partial charge on any atom is -0.371 e. The monoisotopic (exact) mass is 424 g/mol. The number of amides is 3. The van der Waals surface area contributed by atoms with Crippen LogP contribution in [-0.2, 0) is 6.18 Å². The lowest BCUT2D eigenvalue weighted by molar-refractivity contribution is -0.137. The summed E-state index contributed by atoms with van der Waals surface area (Å²) in [4.78, 5) is 25.5. The highest BCUT2D eigenvalue weighted by Gasteiger charge is 2.32. The summed E-state index contributed by atoms with van der Waals surface area (Å²) in [6.07, 6.45) is -2.73. The van der Waals surface area contributed by atoms with Gasteiger partial charge in [0.1, 0.15) is 0 Å². The molecule has 10 heteroatoms. The van der Waals surface area contributed by atoms with E-state index < -0.39 is 23.7 Å². The fraction of sp³-hybridized carbons (Fsp3) is 0.263. The van der Waals surface area contributed by atoms with Gasteiger partial charge in [-0.05, 0) is 55.3 Å². The number of hydrogen-bond donors (Lipinski definition) is 3. The number of primary amides is 1. The fourth-order valence-corrected chi connectivity index (χ4v) is 3.25. The fourth-order valence-electron chi connectivity index (χ4n) is 3.07. The first kappa shape index (κ1) is 20.8. The van der Waals surface area contributed by atoms with Gasteiger partial charge in [-0.3, -0.25) is 4.79 Å². The SMILES string of the molecule is NC(=O)c1ccc(N(S)C(=O)Nc2cc(N3CCCC3)cc(C(F)(F)F)c2)cc1. The number of rotatable bonds is 4. The second-order valence-electron chi connectivity index (χ2n) is 6.61. The third-order valence-corrected chi connectivity index (χ3v) is 4.97. The van der Waals surface area contributed by atoms with Gasteiger partial charge in [0, 0.05) is 30.0 Å². The molecule has 2 aromatic carbocycles. The molecular formula is C19H19F3N4O2S. The lowest BCUT2D eigenvalue weighted by atomic mass is 10.1. The second-order valence-corrected chi connectivity index (χ2v) is 7.01. The molecule has 1 heterocycles. The first-order valence-corrected chi connectivity index (χ1v) is 9.22. The van der Waals surface area contributed by atoms with E-state index in [4.69, 9.17) is 5.73 Å². The van der Waals surface area contributed by atoms with Gasteiger partial charge in [0.05, 0.1) is 11.3 Å². The normalized spacial score (nSPS) is 14.0. The molecule has 0 saturated carbocycles. The average Bonchev–Trinajstić information content (AvgIpc) is 3.21. The van der Waals surface area contributed by atoms with Gasteiger partial charge in [0.2, 0.25) is 5.91 Å². The smallest absolute Gasteiger partial charge is 0.371 e. The number of halogens is 3. The van der Waals surface area contributed by atoms with E-state index in [0.717, 1.165) is 29.3 Å². The summed E-state index contributed by atoms with van der Waals surface area (Å²) in [6, 6.07) is 8.48. The highest BCUT2D eigenvalue weighted by Crippen LogP contribution is 2.35. The predicted octanol–water partition coefficient (Wildman–Crippen LogP) is 4.29. The summed E-state index contributed by atoms with van der Waals surface area (Å²) in [6.45, 7) is 1.33. The summed E-state index contributed by atoms with van der Waals surface area (Å²) in [7, 11) is 0. The second kappa shape index (κ2) is 8.24. The highest BCUT2D eigenvalue weighted by atomic mass is 32.1. The van der Waals surface area contributed by atoms with Gasteiger partial charge in [0.25, 0.3) is 0 Å². The molecule has 154 valence electrons. The number of carbonyl (C=O) groups excluding carboxylic acids is 2. The van der Waals surface area contributed by atoms with E-state index in [1.807, 2.05) is 4.90 Å². The predicted molar refractivity (Wildman–Crippen MR) is 108 cm³/mol. The van der Waals surface area contributed by atoms with Crippen LogP contribution in [0.15, 0.2) is 42.5 Å². The molecule has 0 radical (unpaired) electrons. The number of alkyl halides is 3. The number of anilines is 3. The van der Waals surface area contributed by atoms with Gasteiger partial charge < -0.3 is 16.0 Å². The minimum atomic E-state index is -4.54. The third kappa shape index (κ3) is 4.94. The van der Waals surface area contributed by atoms with Crippen LogP contribution in [0, 0.1) is 0 Å². The zero-order valence-electron chi connectivity index (χ0n) is 15.2. The lowest BCUT2D eigenvalue weighted by Gasteiger charge is -2.22. The van der Waals surface area contributed by atoms with Crippen LogP contribution in [0.4, 0.5) is 35.0 Å². The number of nitrogens with two attached hydrogens (primary N) is 1. The molecule has 1 fully saturated rings. The van der Waals surface area contributed by atoms with Gasteiger partial charge in [-0.2, -0.15) is 13.2 Å². The zero-order chi connectivity index (χ0) is 21.2. The Morgan fingerprint density at radius 1 is 1.07 bits per heavy atom. The first-order valence-electron chi connectivity index (χ1n) is 8.82. The van der Waals surface area contributed by atoms with Gasteiger partial charge in [0.15, 0.2) is 0 Å². The highest BCUT2D eigenvalue weighted by molar-refractivity contribution is 7.82. The summed E-state index contributed by atoms with van der Waals surface area (Å²) >= 11 is 4.10. The van der Waals surface area contributed by atoms with E-state index in [2.05, 4.69) is 18.1 Å². The van der Waals surface area contributed by atoms with Crippen LogP contribution in [0.1, 0.15) is 28.8 Å². The maximum absolute atomic E-state index is 13.3. The van der Waals surface area contributed by atoms with Gasteiger partial charge in [-0.15, -0.1) is 0 Å². The molecule has 1 aliphatic rings. The summed E-state index contributed by atoms with van der Waals surface area (Å²) in [5.74, 6) is -0.620. The Morgan fingerprint density at radius 3 is 2.24 bits per heavy atom. The van der Waals surface area contributed by atoms with E-state index >= 15 is 0 Å². The molecule has 0 spiro atoms. The molecule has 3 N–H and O–H groups in total. The zero-order valence-corrected chi connectivity index (χ0v) is 16.1. The van der Waals surface area contributed by atoms with E-state index in [0.29, 0.717) is 24.5 Å². The molecule has 3 rings (SSSR count). The molecule has 3 amide bonds. The van der Waals surface area contributed by atoms with Crippen molar-refractivity contribution < 1.29 is 22.8 Å².